The van der Waals surface area contributed by atoms with Crippen molar-refractivity contribution in [1.82, 2.24) is 0 Å². The van der Waals surface area contributed by atoms with Gasteiger partial charge in [0.05, 0.1) is 15.5 Å². The predicted octanol–water partition coefficient (Wildman–Crippen LogP) is 2.25. The maximum absolute atomic E-state index is 12.9. The fraction of sp³-hybridized carbons (Fsp3) is 0.143. The molecular weight excluding hydrogens is 338 g/mol. The van der Waals surface area contributed by atoms with Crippen molar-refractivity contribution in [1.29, 1.82) is 0 Å². The van der Waals surface area contributed by atoms with Gasteiger partial charge in [-0.1, -0.05) is 18.2 Å². The molecule has 1 aliphatic heterocycles. The number of anilines is 1. The molecule has 9 nitrogen and oxygen atoms in total. The van der Waals surface area contributed by atoms with Crippen molar-refractivity contribution in [3.63, 3.8) is 0 Å². The Morgan fingerprint density at radius 3 is 2.38 bits per heavy atom. The number of para-hydroxylation sites is 1. The van der Waals surface area contributed by atoms with E-state index in [1.165, 1.54) is 30.3 Å². The molecule has 0 aromatic heterocycles. The normalized spacial score (nSPS) is 13.6. The van der Waals surface area contributed by atoms with Gasteiger partial charge in [-0.05, 0) is 18.1 Å². The van der Waals surface area contributed by atoms with Crippen LogP contribution in [0.15, 0.2) is 47.4 Å². The summed E-state index contributed by atoms with van der Waals surface area (Å²) >= 11 is 0. The Kier molecular flexibility index (Phi) is 3.68. The molecule has 0 aliphatic carbocycles. The van der Waals surface area contributed by atoms with Crippen LogP contribution < -0.4 is 4.31 Å². The van der Waals surface area contributed by atoms with Crippen molar-refractivity contribution < 1.29 is 18.3 Å². The summed E-state index contributed by atoms with van der Waals surface area (Å²) in [6.45, 7) is 0.0743. The number of rotatable bonds is 4. The Morgan fingerprint density at radius 1 is 1.00 bits per heavy atom. The second-order valence-electron chi connectivity index (χ2n) is 5.12. The van der Waals surface area contributed by atoms with Crippen molar-refractivity contribution in [3.05, 3.63) is 68.3 Å². The van der Waals surface area contributed by atoms with Crippen molar-refractivity contribution in [3.8, 4) is 0 Å². The van der Waals surface area contributed by atoms with Crippen LogP contribution in [-0.2, 0) is 16.4 Å². The van der Waals surface area contributed by atoms with Crippen LogP contribution in [0.3, 0.4) is 0 Å². The van der Waals surface area contributed by atoms with Crippen LogP contribution in [0.1, 0.15) is 5.56 Å². The highest BCUT2D eigenvalue weighted by atomic mass is 32.2. The van der Waals surface area contributed by atoms with Crippen LogP contribution in [0, 0.1) is 20.2 Å². The van der Waals surface area contributed by atoms with E-state index in [1.54, 1.807) is 0 Å². The summed E-state index contributed by atoms with van der Waals surface area (Å²) in [5.41, 5.74) is 0.0555. The molecule has 10 heteroatoms. The third kappa shape index (κ3) is 2.46. The highest BCUT2D eigenvalue weighted by Gasteiger charge is 2.36. The first-order valence-corrected chi connectivity index (χ1v) is 8.30. The summed E-state index contributed by atoms with van der Waals surface area (Å²) < 4.78 is 26.7. The van der Waals surface area contributed by atoms with Gasteiger partial charge < -0.3 is 0 Å². The van der Waals surface area contributed by atoms with E-state index in [0.717, 1.165) is 16.4 Å². The quantitative estimate of drug-likeness (QED) is 0.616. The topological polar surface area (TPSA) is 124 Å². The molecule has 0 saturated heterocycles. The number of hydrogen-bond donors (Lipinski definition) is 0. The lowest BCUT2D eigenvalue weighted by molar-refractivity contribution is -0.387. The Labute approximate surface area is 136 Å². The summed E-state index contributed by atoms with van der Waals surface area (Å²) in [5, 5.41) is 22.0. The molecule has 24 heavy (non-hydrogen) atoms. The average molecular weight is 349 g/mol. The SMILES string of the molecule is O=[N+]([O-])c1ccc2c(c1)N(S(=O)(=O)c1ccccc1[N+](=O)[O-])CC2. The Morgan fingerprint density at radius 2 is 1.71 bits per heavy atom. The summed E-state index contributed by atoms with van der Waals surface area (Å²) in [6.07, 6.45) is 0.382. The van der Waals surface area contributed by atoms with Crippen LogP contribution >= 0.6 is 0 Å². The molecule has 0 saturated carbocycles. The lowest BCUT2D eigenvalue weighted by Crippen LogP contribution is -2.29. The third-order valence-electron chi connectivity index (χ3n) is 3.76. The van der Waals surface area contributed by atoms with Gasteiger partial charge in [0.2, 0.25) is 0 Å². The summed E-state index contributed by atoms with van der Waals surface area (Å²) in [7, 11) is -4.20. The zero-order valence-electron chi connectivity index (χ0n) is 12.2. The number of nitro groups is 2. The lowest BCUT2D eigenvalue weighted by Gasteiger charge is -2.19. The average Bonchev–Trinajstić information content (AvgIpc) is 2.98. The highest BCUT2D eigenvalue weighted by Crippen LogP contribution is 2.37. The second kappa shape index (κ2) is 5.57. The molecule has 2 aromatic carbocycles. The Hall–Kier alpha value is -3.01. The van der Waals surface area contributed by atoms with Gasteiger partial charge in [-0.3, -0.25) is 24.5 Å². The molecule has 1 aliphatic rings. The fourth-order valence-corrected chi connectivity index (χ4v) is 4.30. The van der Waals surface area contributed by atoms with Gasteiger partial charge in [-0.15, -0.1) is 0 Å². The van der Waals surface area contributed by atoms with E-state index in [1.807, 2.05) is 0 Å². The number of nitro benzene ring substituents is 2. The number of nitrogens with zero attached hydrogens (tertiary/aromatic N) is 3. The molecule has 0 bridgehead atoms. The molecule has 0 spiro atoms. The van der Waals surface area contributed by atoms with Crippen LogP contribution in [-0.4, -0.2) is 24.8 Å². The van der Waals surface area contributed by atoms with Crippen molar-refractivity contribution in [2.45, 2.75) is 11.3 Å². The van der Waals surface area contributed by atoms with Crippen LogP contribution in [0.25, 0.3) is 0 Å². The number of fused-ring (bicyclic) bond motifs is 1. The van der Waals surface area contributed by atoms with Crippen LogP contribution in [0.5, 0.6) is 0 Å². The molecule has 0 N–H and O–H groups in total. The first-order chi connectivity index (χ1) is 11.3. The molecule has 0 unspecified atom stereocenters. The Balaban J connectivity index is 2.14. The molecule has 0 atom stereocenters. The van der Waals surface area contributed by atoms with E-state index in [9.17, 15) is 28.6 Å². The zero-order chi connectivity index (χ0) is 17.5. The summed E-state index contributed by atoms with van der Waals surface area (Å²) in [4.78, 5) is 20.2. The zero-order valence-corrected chi connectivity index (χ0v) is 13.0. The van der Waals surface area contributed by atoms with Gasteiger partial charge in [0.1, 0.15) is 0 Å². The fourth-order valence-electron chi connectivity index (χ4n) is 2.65. The Bertz CT molecular complexity index is 957. The molecule has 0 fully saturated rings. The minimum Gasteiger partial charge on any atom is -0.265 e. The minimum absolute atomic E-state index is 0.0743. The predicted molar refractivity (Wildman–Crippen MR) is 84.4 cm³/mol. The van der Waals surface area contributed by atoms with E-state index in [2.05, 4.69) is 0 Å². The van der Waals surface area contributed by atoms with E-state index >= 15 is 0 Å². The largest absolute Gasteiger partial charge is 0.289 e. The highest BCUT2D eigenvalue weighted by molar-refractivity contribution is 7.93. The second-order valence-corrected chi connectivity index (χ2v) is 6.95. The number of hydrogen-bond acceptors (Lipinski definition) is 6. The molecule has 0 amide bonds. The lowest BCUT2D eigenvalue weighted by atomic mass is 10.1. The molecule has 124 valence electrons. The minimum atomic E-state index is -4.20. The van der Waals surface area contributed by atoms with Crippen molar-refractivity contribution >= 4 is 27.1 Å². The van der Waals surface area contributed by atoms with Gasteiger partial charge in [-0.25, -0.2) is 8.42 Å². The number of benzene rings is 2. The van der Waals surface area contributed by atoms with Crippen LogP contribution in [0.2, 0.25) is 0 Å². The van der Waals surface area contributed by atoms with E-state index in [0.29, 0.717) is 12.0 Å². The smallest absolute Gasteiger partial charge is 0.265 e. The van der Waals surface area contributed by atoms with E-state index in [-0.39, 0.29) is 17.9 Å². The van der Waals surface area contributed by atoms with Crippen LogP contribution in [0.4, 0.5) is 17.1 Å². The van der Waals surface area contributed by atoms with Gasteiger partial charge >= 0.3 is 0 Å². The molecule has 0 radical (unpaired) electrons. The third-order valence-corrected chi connectivity index (χ3v) is 5.62. The standard InChI is InChI=1S/C14H11N3O6S/c18-16(19)11-6-5-10-7-8-15(13(10)9-11)24(22,23)14-4-2-1-3-12(14)17(20)21/h1-6,9H,7-8H2. The monoisotopic (exact) mass is 349 g/mol. The molecule has 2 aromatic rings. The molecule has 3 rings (SSSR count). The van der Waals surface area contributed by atoms with Gasteiger partial charge in [0.25, 0.3) is 21.4 Å². The van der Waals surface area contributed by atoms with Crippen molar-refractivity contribution in [2.24, 2.45) is 0 Å². The number of non-ortho nitro benzene ring substituents is 1. The first-order valence-electron chi connectivity index (χ1n) is 6.86. The summed E-state index contributed by atoms with van der Waals surface area (Å²) in [6, 6.07) is 9.02. The maximum Gasteiger partial charge on any atom is 0.289 e. The van der Waals surface area contributed by atoms with Gasteiger partial charge in [0.15, 0.2) is 4.90 Å². The van der Waals surface area contributed by atoms with Gasteiger partial charge in [0, 0.05) is 24.7 Å². The maximum atomic E-state index is 12.9. The molecule has 1 heterocycles. The first kappa shape index (κ1) is 15.9. The van der Waals surface area contributed by atoms with E-state index < -0.39 is 30.5 Å². The summed E-state index contributed by atoms with van der Waals surface area (Å²) in [5.74, 6) is 0. The molecular formula is C14H11N3O6S. The van der Waals surface area contributed by atoms with Crippen molar-refractivity contribution in [2.75, 3.05) is 10.8 Å². The number of sulfonamides is 1. The van der Waals surface area contributed by atoms with Gasteiger partial charge in [-0.2, -0.15) is 0 Å². The van der Waals surface area contributed by atoms with E-state index in [4.69, 9.17) is 0 Å².